The van der Waals surface area contributed by atoms with Crippen LogP contribution >= 0.6 is 0 Å². The Labute approximate surface area is 205 Å². The van der Waals surface area contributed by atoms with Crippen LogP contribution in [-0.2, 0) is 6.42 Å². The first kappa shape index (κ1) is 31.2. The van der Waals surface area contributed by atoms with E-state index in [1.807, 2.05) is 45.7 Å². The van der Waals surface area contributed by atoms with Crippen molar-refractivity contribution in [3.8, 4) is 17.2 Å². The summed E-state index contributed by atoms with van der Waals surface area (Å²) >= 11 is 0. The lowest BCUT2D eigenvalue weighted by atomic mass is 10.0. The summed E-state index contributed by atoms with van der Waals surface area (Å²) in [5.74, 6) is 1.80. The molecule has 1 unspecified atom stereocenters. The van der Waals surface area contributed by atoms with Crippen LogP contribution in [0.15, 0.2) is 27.6 Å². The van der Waals surface area contributed by atoms with Crippen molar-refractivity contribution in [2.24, 2.45) is 15.7 Å². The molecule has 0 spiro atoms. The number of ether oxygens (including phenoxy) is 3. The van der Waals surface area contributed by atoms with E-state index in [1.54, 1.807) is 34.6 Å². The molecule has 8 nitrogen and oxygen atoms in total. The summed E-state index contributed by atoms with van der Waals surface area (Å²) in [6, 6.07) is 1.89. The van der Waals surface area contributed by atoms with Crippen molar-refractivity contribution in [2.75, 3.05) is 42.0 Å². The molecule has 1 aliphatic heterocycles. The van der Waals surface area contributed by atoms with Crippen molar-refractivity contribution in [2.45, 2.75) is 60.5 Å². The number of nitrogens with two attached hydrogens (primary N) is 1. The van der Waals surface area contributed by atoms with E-state index in [0.29, 0.717) is 35.9 Å². The van der Waals surface area contributed by atoms with Gasteiger partial charge in [-0.1, -0.05) is 41.0 Å². The van der Waals surface area contributed by atoms with Crippen LogP contribution in [0.2, 0.25) is 0 Å². The zero-order valence-electron chi connectivity index (χ0n) is 22.8. The lowest BCUT2D eigenvalue weighted by Gasteiger charge is -2.36. The minimum absolute atomic E-state index is 0.0729. The van der Waals surface area contributed by atoms with Gasteiger partial charge in [0.25, 0.3) is 6.09 Å². The second-order valence-corrected chi connectivity index (χ2v) is 7.36. The maximum absolute atomic E-state index is 14.1. The zero-order valence-corrected chi connectivity index (χ0v) is 22.8. The van der Waals surface area contributed by atoms with Gasteiger partial charge in [0.2, 0.25) is 5.75 Å². The number of rotatable bonds is 8. The molecule has 194 valence electrons. The number of likely N-dealkylation sites (N-methyl/N-ethyl adjacent to an activating group) is 2. The first-order valence-electron chi connectivity index (χ1n) is 11.7. The third kappa shape index (κ3) is 7.62. The smallest absolute Gasteiger partial charge is 0.288 e. The molecule has 1 aliphatic rings. The van der Waals surface area contributed by atoms with Crippen molar-refractivity contribution in [1.29, 1.82) is 0 Å². The van der Waals surface area contributed by atoms with Gasteiger partial charge < -0.3 is 24.8 Å². The molecule has 0 bridgehead atoms. The van der Waals surface area contributed by atoms with Crippen molar-refractivity contribution < 1.29 is 18.6 Å². The van der Waals surface area contributed by atoms with Gasteiger partial charge in [-0.3, -0.25) is 9.89 Å². The molecular weight excluding hydrogens is 437 g/mol. The molecule has 0 saturated carbocycles. The quantitative estimate of drug-likeness (QED) is 0.426. The van der Waals surface area contributed by atoms with Crippen LogP contribution in [0.25, 0.3) is 0 Å². The Hall–Kier alpha value is -2.81. The van der Waals surface area contributed by atoms with E-state index in [2.05, 4.69) is 23.8 Å². The lowest BCUT2D eigenvalue weighted by Crippen LogP contribution is -2.50. The zero-order chi connectivity index (χ0) is 26.4. The van der Waals surface area contributed by atoms with Gasteiger partial charge in [-0.2, -0.15) is 9.38 Å². The number of benzene rings is 1. The number of hydrogen-bond donors (Lipinski definition) is 1. The van der Waals surface area contributed by atoms with Crippen LogP contribution in [0.5, 0.6) is 17.2 Å². The maximum Gasteiger partial charge on any atom is 0.288 e. The molecule has 0 amide bonds. The number of aliphatic imine (C=N–C) groups is 2. The Morgan fingerprint density at radius 3 is 2.18 bits per heavy atom. The SMILES string of the molecule is CC.CCC.CCN(C)C1C(N=CCc2cc(OC)c(OC)c(OC)c2C)=C(N)N=C(F)N1C. The third-order valence-electron chi connectivity index (χ3n) is 5.02. The van der Waals surface area contributed by atoms with Gasteiger partial charge in [0.1, 0.15) is 11.9 Å². The molecule has 1 atom stereocenters. The van der Waals surface area contributed by atoms with Crippen LogP contribution in [0, 0.1) is 6.92 Å². The molecule has 1 heterocycles. The highest BCUT2D eigenvalue weighted by Crippen LogP contribution is 2.41. The molecule has 1 aromatic rings. The Morgan fingerprint density at radius 1 is 1.15 bits per heavy atom. The monoisotopic (exact) mass is 481 g/mol. The fourth-order valence-corrected chi connectivity index (χ4v) is 3.27. The largest absolute Gasteiger partial charge is 0.493 e. The molecule has 34 heavy (non-hydrogen) atoms. The predicted octanol–water partition coefficient (Wildman–Crippen LogP) is 4.75. The van der Waals surface area contributed by atoms with Gasteiger partial charge in [0.05, 0.1) is 21.3 Å². The van der Waals surface area contributed by atoms with Crippen LogP contribution in [0.4, 0.5) is 4.39 Å². The van der Waals surface area contributed by atoms with Gasteiger partial charge in [-0.05, 0) is 37.7 Å². The molecule has 0 radical (unpaired) electrons. The second kappa shape index (κ2) is 15.9. The molecule has 0 aromatic heterocycles. The van der Waals surface area contributed by atoms with Crippen molar-refractivity contribution in [3.05, 3.63) is 28.7 Å². The molecule has 9 heteroatoms. The van der Waals surface area contributed by atoms with Crippen LogP contribution < -0.4 is 19.9 Å². The minimum atomic E-state index is -0.632. The number of nitrogens with zero attached hydrogens (tertiary/aromatic N) is 4. The summed E-state index contributed by atoms with van der Waals surface area (Å²) in [6.45, 7) is 12.9. The van der Waals surface area contributed by atoms with Gasteiger partial charge in [-0.25, -0.2) is 0 Å². The fraction of sp³-hybridized carbons (Fsp3) is 0.600. The van der Waals surface area contributed by atoms with Gasteiger partial charge in [-0.15, -0.1) is 0 Å². The maximum atomic E-state index is 14.1. The van der Waals surface area contributed by atoms with Gasteiger partial charge in [0.15, 0.2) is 17.3 Å². The summed E-state index contributed by atoms with van der Waals surface area (Å²) in [4.78, 5) is 11.7. The van der Waals surface area contributed by atoms with Crippen LogP contribution in [0.3, 0.4) is 0 Å². The van der Waals surface area contributed by atoms with Crippen molar-refractivity contribution in [3.63, 3.8) is 0 Å². The highest BCUT2D eigenvalue weighted by molar-refractivity contribution is 5.76. The summed E-state index contributed by atoms with van der Waals surface area (Å²) < 4.78 is 30.4. The van der Waals surface area contributed by atoms with E-state index < -0.39 is 12.3 Å². The molecule has 0 saturated heterocycles. The summed E-state index contributed by atoms with van der Waals surface area (Å²) in [5.41, 5.74) is 8.37. The highest BCUT2D eigenvalue weighted by atomic mass is 19.1. The van der Waals surface area contributed by atoms with E-state index >= 15 is 0 Å². The average Bonchev–Trinajstić information content (AvgIpc) is 2.84. The first-order valence-corrected chi connectivity index (χ1v) is 11.7. The molecule has 0 fully saturated rings. The molecule has 2 N–H and O–H groups in total. The number of methoxy groups -OCH3 is 3. The summed E-state index contributed by atoms with van der Waals surface area (Å²) in [7, 11) is 8.24. The lowest BCUT2D eigenvalue weighted by molar-refractivity contribution is 0.158. The van der Waals surface area contributed by atoms with Gasteiger partial charge in [0, 0.05) is 19.7 Å². The number of hydrogen-bond acceptors (Lipinski definition) is 8. The van der Waals surface area contributed by atoms with E-state index in [9.17, 15) is 4.39 Å². The molecule has 2 rings (SSSR count). The van der Waals surface area contributed by atoms with Crippen molar-refractivity contribution in [1.82, 2.24) is 9.80 Å². The normalized spacial score (nSPS) is 15.4. The second-order valence-electron chi connectivity index (χ2n) is 7.36. The third-order valence-corrected chi connectivity index (χ3v) is 5.02. The Bertz CT molecular complexity index is 855. The summed E-state index contributed by atoms with van der Waals surface area (Å²) in [6.07, 6.45) is 2.42. The number of halogens is 1. The standard InChI is InChI=1S/C20H30FN5O3.C3H8.C2H6/c1-8-25(3)19-15(18(22)24-20(21)26(19)4)23-10-9-13-11-14(27-5)17(29-7)16(28-6)12(13)2;1-3-2;1-2/h10-11,19H,8-9,22H2,1-7H3;3H2,1-2H3;1-2H3. The number of amidine groups is 1. The molecule has 0 aliphatic carbocycles. The predicted molar refractivity (Wildman–Crippen MR) is 140 cm³/mol. The van der Waals surface area contributed by atoms with E-state index in [0.717, 1.165) is 11.1 Å². The first-order chi connectivity index (χ1) is 16.2. The Balaban J connectivity index is 0.00000201. The van der Waals surface area contributed by atoms with Crippen molar-refractivity contribution >= 4 is 12.3 Å². The minimum Gasteiger partial charge on any atom is -0.493 e. The van der Waals surface area contributed by atoms with Crippen LogP contribution in [0.1, 0.15) is 52.2 Å². The van der Waals surface area contributed by atoms with Gasteiger partial charge >= 0.3 is 0 Å². The topological polar surface area (TPSA) is 84.9 Å². The molecule has 1 aromatic carbocycles. The van der Waals surface area contributed by atoms with Crippen LogP contribution in [-0.4, -0.2) is 70.2 Å². The average molecular weight is 482 g/mol. The Kier molecular flexibility index (Phi) is 14.6. The molecular formula is C25H44FN5O3. The Morgan fingerprint density at radius 2 is 1.71 bits per heavy atom. The fourth-order valence-electron chi connectivity index (χ4n) is 3.27. The van der Waals surface area contributed by atoms with E-state index in [4.69, 9.17) is 19.9 Å². The van der Waals surface area contributed by atoms with E-state index in [1.165, 1.54) is 11.3 Å². The highest BCUT2D eigenvalue weighted by Gasteiger charge is 2.31. The summed E-state index contributed by atoms with van der Waals surface area (Å²) in [5, 5.41) is 0. The van der Waals surface area contributed by atoms with E-state index in [-0.39, 0.29) is 5.82 Å².